The van der Waals surface area contributed by atoms with Crippen molar-refractivity contribution in [2.45, 2.75) is 53.3 Å². The van der Waals surface area contributed by atoms with E-state index in [1.165, 1.54) is 89.0 Å². The van der Waals surface area contributed by atoms with Gasteiger partial charge in [0, 0.05) is 0 Å². The summed E-state index contributed by atoms with van der Waals surface area (Å²) in [6.07, 6.45) is 0. The number of rotatable bonds is 4. The molecule has 0 unspecified atom stereocenters. The monoisotopic (exact) mass is 672 g/mol. The van der Waals surface area contributed by atoms with E-state index in [1.54, 1.807) is 0 Å². The van der Waals surface area contributed by atoms with Gasteiger partial charge < -0.3 is 14.9 Å². The van der Waals surface area contributed by atoms with E-state index in [0.29, 0.717) is 5.92 Å². The van der Waals surface area contributed by atoms with Crippen molar-refractivity contribution in [3.8, 4) is 22.3 Å². The second-order valence-corrected chi connectivity index (χ2v) is 17.3. The van der Waals surface area contributed by atoms with E-state index in [9.17, 15) is 0 Å². The summed E-state index contributed by atoms with van der Waals surface area (Å²) in [5.74, 6) is 0.584. The summed E-state index contributed by atoms with van der Waals surface area (Å²) >= 11 is 1.36. The van der Waals surface area contributed by atoms with Crippen molar-refractivity contribution in [2.75, 3.05) is 0 Å². The van der Waals surface area contributed by atoms with Gasteiger partial charge in [0.25, 0.3) is 0 Å². The van der Waals surface area contributed by atoms with Gasteiger partial charge in [-0.15, -0.1) is 68.6 Å². The summed E-state index contributed by atoms with van der Waals surface area (Å²) in [6, 6.07) is 40.2. The molecule has 0 aliphatic rings. The molecular weight excluding hydrogens is 628 g/mol. The Labute approximate surface area is 279 Å². The molecule has 6 aromatic rings. The molecule has 222 valence electrons. The summed E-state index contributed by atoms with van der Waals surface area (Å²) in [5, 5.41) is 7.01. The molecule has 0 aliphatic heterocycles. The van der Waals surface area contributed by atoms with E-state index in [-0.39, 0.29) is 14.9 Å². The van der Waals surface area contributed by atoms with Gasteiger partial charge in [-0.05, 0) is 17.0 Å². The normalized spacial score (nSPS) is 10.7. The van der Waals surface area contributed by atoms with Crippen LogP contribution in [0, 0.1) is 28.7 Å². The van der Waals surface area contributed by atoms with Gasteiger partial charge in [-0.25, -0.2) is 0 Å². The van der Waals surface area contributed by atoms with Gasteiger partial charge in [0.05, 0.1) is 8.07 Å². The van der Waals surface area contributed by atoms with Crippen molar-refractivity contribution in [1.29, 1.82) is 0 Å². The van der Waals surface area contributed by atoms with Gasteiger partial charge in [0.15, 0.2) is 0 Å². The van der Waals surface area contributed by atoms with Crippen LogP contribution in [0.4, 0.5) is 0 Å². The van der Waals surface area contributed by atoms with Crippen LogP contribution in [0.15, 0.2) is 109 Å². The summed E-state index contributed by atoms with van der Waals surface area (Å²) in [5.41, 5.74) is 9.44. The van der Waals surface area contributed by atoms with E-state index in [4.69, 9.17) is 0 Å². The van der Waals surface area contributed by atoms with E-state index < -0.39 is 8.07 Å². The number of hydrogen-bond acceptors (Lipinski definition) is 0. The summed E-state index contributed by atoms with van der Waals surface area (Å²) in [4.78, 5) is 0. The Morgan fingerprint density at radius 1 is 0.651 bits per heavy atom. The molecule has 0 atom stereocenters. The molecule has 0 saturated heterocycles. The molecule has 0 aliphatic carbocycles. The number of benzene rings is 4. The second-order valence-electron chi connectivity index (χ2n) is 12.2. The van der Waals surface area contributed by atoms with Crippen molar-refractivity contribution in [3.63, 3.8) is 0 Å². The van der Waals surface area contributed by atoms with Crippen LogP contribution in [0.2, 0.25) is 19.6 Å². The molecule has 0 amide bonds. The maximum absolute atomic E-state index is 3.06. The van der Waals surface area contributed by atoms with Crippen LogP contribution in [0.25, 0.3) is 43.8 Å². The first-order valence-corrected chi connectivity index (χ1v) is 22.1. The third kappa shape index (κ3) is 8.53. The Bertz CT molecular complexity index is 1730. The zero-order valence-corrected chi connectivity index (χ0v) is 31.9. The molecule has 0 spiro atoms. The fourth-order valence-electron chi connectivity index (χ4n) is 5.45. The third-order valence-corrected chi connectivity index (χ3v) is 9.90. The zero-order valence-electron chi connectivity index (χ0n) is 27.5. The third-order valence-electron chi connectivity index (χ3n) is 7.84. The number of fused-ring (bicyclic) bond motifs is 2. The molecule has 0 heterocycles. The topological polar surface area (TPSA) is 0 Å². The van der Waals surface area contributed by atoms with Gasteiger partial charge in [0.1, 0.15) is 0 Å². The van der Waals surface area contributed by atoms with Crippen molar-refractivity contribution >= 4 is 41.7 Å². The first kappa shape index (κ1) is 36.6. The summed E-state index contributed by atoms with van der Waals surface area (Å²) in [7, 11) is -1.22. The predicted octanol–water partition coefficient (Wildman–Crippen LogP) is 11.3. The number of aryl methyl sites for hydroxylation is 2. The van der Waals surface area contributed by atoms with Crippen LogP contribution < -0.4 is 5.19 Å². The molecule has 43 heavy (non-hydrogen) atoms. The summed E-state index contributed by atoms with van der Waals surface area (Å²) in [6.45, 7) is 19.1. The van der Waals surface area contributed by atoms with Crippen molar-refractivity contribution in [1.82, 2.24) is 0 Å². The van der Waals surface area contributed by atoms with E-state index >= 15 is 0 Å². The Morgan fingerprint density at radius 3 is 1.86 bits per heavy atom. The molecule has 0 N–H and O–H groups in total. The second kappa shape index (κ2) is 15.9. The molecular formula is C40H46Si2Zr-4. The molecule has 3 heteroatoms. The molecule has 6 aromatic carbocycles. The first-order valence-electron chi connectivity index (χ1n) is 14.4. The van der Waals surface area contributed by atoms with Crippen LogP contribution >= 0.6 is 0 Å². The van der Waals surface area contributed by atoms with Crippen LogP contribution in [0.1, 0.15) is 36.5 Å². The van der Waals surface area contributed by atoms with Gasteiger partial charge >= 0.3 is 30.2 Å². The van der Waals surface area contributed by atoms with E-state index in [2.05, 4.69) is 163 Å². The zero-order chi connectivity index (χ0) is 29.7. The Hall–Kier alpha value is -2.58. The average Bonchev–Trinajstić information content (AvgIpc) is 3.59. The SMILES string of the molecule is CC(C)c1cc2c(-c3ccccc3)cccc2[cH-]1.Cc1cc2c(-c3ccc([Si](C)(C)C)cc3)ccc(C)c2[cH-]1.[CH3-].[CH3-].[Si]=[Zr]. The van der Waals surface area contributed by atoms with Crippen LogP contribution in [-0.4, -0.2) is 15.0 Å². The molecule has 0 bridgehead atoms. The first-order chi connectivity index (χ1) is 19.6. The van der Waals surface area contributed by atoms with Crippen molar-refractivity contribution in [3.05, 3.63) is 141 Å². The predicted molar refractivity (Wildman–Crippen MR) is 195 cm³/mol. The number of hydrogen-bond donors (Lipinski definition) is 0. The van der Waals surface area contributed by atoms with Crippen molar-refractivity contribution in [2.24, 2.45) is 0 Å². The Balaban J connectivity index is 0.000000274. The summed E-state index contributed by atoms with van der Waals surface area (Å²) < 4.78 is 0. The Morgan fingerprint density at radius 2 is 1.26 bits per heavy atom. The molecule has 0 fully saturated rings. The van der Waals surface area contributed by atoms with E-state index in [0.717, 1.165) is 0 Å². The minimum atomic E-state index is -1.22. The molecule has 6 rings (SSSR count). The van der Waals surface area contributed by atoms with Crippen LogP contribution in [0.3, 0.4) is 0 Å². The van der Waals surface area contributed by atoms with Gasteiger partial charge in [-0.3, -0.25) is 0 Å². The van der Waals surface area contributed by atoms with Crippen LogP contribution in [0.5, 0.6) is 0 Å². The molecule has 0 aromatic heterocycles. The maximum atomic E-state index is 3.06. The van der Waals surface area contributed by atoms with Gasteiger partial charge in [-0.1, -0.05) is 130 Å². The van der Waals surface area contributed by atoms with Gasteiger partial charge in [-0.2, -0.15) is 12.1 Å². The molecule has 2 radical (unpaired) electrons. The fraction of sp³-hybridized carbons (Fsp3) is 0.200. The molecule has 0 nitrogen and oxygen atoms in total. The molecule has 0 saturated carbocycles. The minimum absolute atomic E-state index is 0. The van der Waals surface area contributed by atoms with Gasteiger partial charge in [0.2, 0.25) is 0 Å². The average molecular weight is 674 g/mol. The van der Waals surface area contributed by atoms with Crippen molar-refractivity contribution < 1.29 is 23.3 Å². The van der Waals surface area contributed by atoms with Crippen LogP contribution in [-0.2, 0) is 23.3 Å². The van der Waals surface area contributed by atoms with E-state index in [1.807, 2.05) is 0 Å². The Kier molecular flexibility index (Phi) is 13.6. The fourth-order valence-corrected chi connectivity index (χ4v) is 6.62. The quantitative estimate of drug-likeness (QED) is 0.129. The standard InChI is InChI=1S/C20H23Si.C18H17.2CH3.Si.Zr/c1-14-12-19-15(2)6-11-18(20(19)13-14)16-7-9-17(10-8-16)21(3,4)5;1-13(2)16-11-15-9-6-10-17(18(15)12-16)14-7-4-3-5-8-14;;;;/h6-13H,1-5H3;3-13H,1-2H3;2*1H3;;/q4*-1;;.